The van der Waals surface area contributed by atoms with E-state index in [-0.39, 0.29) is 16.8 Å². The molecule has 182 valence electrons. The van der Waals surface area contributed by atoms with Gasteiger partial charge in [0.15, 0.2) is 5.78 Å². The Morgan fingerprint density at radius 1 is 1.20 bits per heavy atom. The minimum atomic E-state index is -4.34. The number of carbonyl (C=O) groups is 1. The molecule has 0 unspecified atom stereocenters. The fourth-order valence-corrected chi connectivity index (χ4v) is 4.99. The van der Waals surface area contributed by atoms with Crippen molar-refractivity contribution < 1.29 is 27.1 Å². The van der Waals surface area contributed by atoms with Gasteiger partial charge in [-0.15, -0.1) is 11.6 Å². The predicted molar refractivity (Wildman–Crippen MR) is 133 cm³/mol. The lowest BCUT2D eigenvalue weighted by Crippen LogP contribution is -2.25. The summed E-state index contributed by atoms with van der Waals surface area (Å²) in [6.07, 6.45) is 7.43. The van der Waals surface area contributed by atoms with E-state index in [4.69, 9.17) is 16.0 Å². The van der Waals surface area contributed by atoms with Crippen LogP contribution < -0.4 is 0 Å². The van der Waals surface area contributed by atoms with Gasteiger partial charge < -0.3 is 4.42 Å². The van der Waals surface area contributed by atoms with Gasteiger partial charge in [-0.2, -0.15) is 8.42 Å². The highest BCUT2D eigenvalue weighted by atomic mass is 35.5. The van der Waals surface area contributed by atoms with Gasteiger partial charge in [-0.05, 0) is 18.1 Å². The molecule has 10 heteroatoms. The Bertz CT molecular complexity index is 1470. The summed E-state index contributed by atoms with van der Waals surface area (Å²) in [6.45, 7) is 2.00. The summed E-state index contributed by atoms with van der Waals surface area (Å²) in [6, 6.07) is 10.8. The van der Waals surface area contributed by atoms with Crippen molar-refractivity contribution in [3.63, 3.8) is 0 Å². The maximum Gasteiger partial charge on any atom is 0.275 e. The smallest absolute Gasteiger partial charge is 0.275 e. The number of hydrogen-bond donors (Lipinski definition) is 1. The number of unbranched alkanes of at least 4 members (excludes halogenated alkanes) is 1. The van der Waals surface area contributed by atoms with Gasteiger partial charge in [-0.25, -0.2) is 0 Å². The second-order valence-corrected chi connectivity index (χ2v) is 10.5. The minimum absolute atomic E-state index is 0.161. The zero-order valence-electron chi connectivity index (χ0n) is 18.7. The summed E-state index contributed by atoms with van der Waals surface area (Å²) in [5.41, 5.74) is 1.09. The highest BCUT2D eigenvalue weighted by Crippen LogP contribution is 2.40. The number of nitro groups is 1. The van der Waals surface area contributed by atoms with E-state index in [2.05, 4.69) is 0 Å². The van der Waals surface area contributed by atoms with Crippen molar-refractivity contribution in [2.45, 2.75) is 36.3 Å². The van der Waals surface area contributed by atoms with Crippen molar-refractivity contribution in [3.05, 3.63) is 99.3 Å². The van der Waals surface area contributed by atoms with Crippen LogP contribution in [0.2, 0.25) is 0 Å². The Morgan fingerprint density at radius 3 is 2.51 bits per heavy atom. The maximum atomic E-state index is 13.9. The second-order valence-electron chi connectivity index (χ2n) is 8.28. The lowest BCUT2D eigenvalue weighted by Gasteiger charge is -2.26. The van der Waals surface area contributed by atoms with Crippen molar-refractivity contribution in [1.29, 1.82) is 0 Å². The van der Waals surface area contributed by atoms with Crippen LogP contribution in [-0.4, -0.2) is 28.9 Å². The molecule has 8 nitrogen and oxygen atoms in total. The summed E-state index contributed by atoms with van der Waals surface area (Å²) < 4.78 is 38.2. The van der Waals surface area contributed by atoms with Crippen molar-refractivity contribution in [2.75, 3.05) is 0 Å². The van der Waals surface area contributed by atoms with Crippen LogP contribution in [0.5, 0.6) is 0 Å². The number of ketones is 1. The number of furan rings is 1. The van der Waals surface area contributed by atoms with Crippen LogP contribution in [-0.2, 0) is 21.4 Å². The number of nitrogens with zero attached hydrogens (tertiary/aromatic N) is 1. The molecular weight excluding hydrogens is 494 g/mol. The number of rotatable bonds is 8. The third-order valence-electron chi connectivity index (χ3n) is 5.93. The molecule has 1 aliphatic carbocycles. The SMILES string of the molecule is CCCCc1oc2ccc([N+](=O)[O-])cc2c1C(=O)c1ccccc1C1(Cl)C=CC(S(=O)(=O)O)C=C1. The van der Waals surface area contributed by atoms with E-state index in [1.54, 1.807) is 24.3 Å². The van der Waals surface area contributed by atoms with Crippen LogP contribution >= 0.6 is 11.6 Å². The zero-order valence-corrected chi connectivity index (χ0v) is 20.3. The largest absolute Gasteiger partial charge is 0.460 e. The molecule has 2 aromatic carbocycles. The highest BCUT2D eigenvalue weighted by molar-refractivity contribution is 7.86. The monoisotopic (exact) mass is 515 g/mol. The van der Waals surface area contributed by atoms with Gasteiger partial charge in [0.1, 0.15) is 21.5 Å². The van der Waals surface area contributed by atoms with Crippen molar-refractivity contribution in [1.82, 2.24) is 0 Å². The Morgan fingerprint density at radius 2 is 1.89 bits per heavy atom. The number of aryl methyl sites for hydroxylation is 1. The summed E-state index contributed by atoms with van der Waals surface area (Å²) >= 11 is 6.82. The van der Waals surface area contributed by atoms with E-state index >= 15 is 0 Å². The lowest BCUT2D eigenvalue weighted by atomic mass is 9.86. The molecule has 1 aliphatic rings. The van der Waals surface area contributed by atoms with E-state index in [9.17, 15) is 27.9 Å². The number of benzene rings is 2. The Balaban J connectivity index is 1.86. The quantitative estimate of drug-likeness (QED) is 0.101. The van der Waals surface area contributed by atoms with Gasteiger partial charge in [0, 0.05) is 29.5 Å². The Hall–Kier alpha value is -3.27. The number of halogens is 1. The minimum Gasteiger partial charge on any atom is -0.460 e. The average molecular weight is 516 g/mol. The predicted octanol–water partition coefficient (Wildman–Crippen LogP) is 5.73. The number of hydrogen-bond acceptors (Lipinski definition) is 6. The molecule has 1 heterocycles. The number of non-ortho nitro benzene ring substituents is 1. The molecule has 0 saturated heterocycles. The number of carbonyl (C=O) groups excluding carboxylic acids is 1. The molecule has 0 spiro atoms. The standard InChI is InChI=1S/C25H22ClNO7S/c1-2-3-8-22-23(19-15-16(27(29)30)9-10-21(19)34-22)24(28)18-6-4-5-7-20(18)25(26)13-11-17(12-14-25)35(31,32)33/h4-7,9-15,17H,2-3,8H2,1H3,(H,31,32,33). The Labute approximate surface area is 206 Å². The molecule has 1 aromatic heterocycles. The zero-order chi connectivity index (χ0) is 25.4. The topological polar surface area (TPSA) is 128 Å². The van der Waals surface area contributed by atoms with Gasteiger partial charge in [0.2, 0.25) is 0 Å². The third kappa shape index (κ3) is 4.80. The van der Waals surface area contributed by atoms with Gasteiger partial charge in [-0.3, -0.25) is 19.5 Å². The highest BCUT2D eigenvalue weighted by Gasteiger charge is 2.34. The second kappa shape index (κ2) is 9.41. The first-order valence-electron chi connectivity index (χ1n) is 10.9. The molecule has 0 saturated carbocycles. The molecule has 0 fully saturated rings. The van der Waals surface area contributed by atoms with E-state index in [1.165, 1.54) is 42.5 Å². The molecule has 1 N–H and O–H groups in total. The molecule has 0 aliphatic heterocycles. The summed E-state index contributed by atoms with van der Waals surface area (Å²) in [5.74, 6) is 0.0246. The average Bonchev–Trinajstić information content (AvgIpc) is 3.19. The van der Waals surface area contributed by atoms with E-state index < -0.39 is 30.9 Å². The summed E-state index contributed by atoms with van der Waals surface area (Å²) in [7, 11) is -4.34. The van der Waals surface area contributed by atoms with Crippen molar-refractivity contribution in [3.8, 4) is 0 Å². The van der Waals surface area contributed by atoms with Gasteiger partial charge in [-0.1, -0.05) is 61.9 Å². The normalized spacial score (nSPS) is 19.8. The molecule has 0 radical (unpaired) electrons. The number of nitro benzene ring substituents is 1. The molecule has 0 atom stereocenters. The van der Waals surface area contributed by atoms with Crippen molar-refractivity contribution in [2.24, 2.45) is 0 Å². The van der Waals surface area contributed by atoms with Crippen LogP contribution in [0.1, 0.15) is 47.0 Å². The van der Waals surface area contributed by atoms with Gasteiger partial charge >= 0.3 is 0 Å². The fraction of sp³-hybridized carbons (Fsp3) is 0.240. The van der Waals surface area contributed by atoms with Gasteiger partial charge in [0.05, 0.1) is 10.5 Å². The fourth-order valence-electron chi connectivity index (χ4n) is 4.13. The first kappa shape index (κ1) is 24.8. The molecular formula is C25H22ClNO7S. The van der Waals surface area contributed by atoms with Crippen LogP contribution in [0.15, 0.2) is 71.2 Å². The summed E-state index contributed by atoms with van der Waals surface area (Å²) in [5, 5.41) is 10.5. The Kier molecular flexibility index (Phi) is 6.68. The molecule has 35 heavy (non-hydrogen) atoms. The third-order valence-corrected chi connectivity index (χ3v) is 7.38. The van der Waals surface area contributed by atoms with Crippen LogP contribution in [0.3, 0.4) is 0 Å². The summed E-state index contributed by atoms with van der Waals surface area (Å²) in [4.78, 5) is 23.4. The van der Waals surface area contributed by atoms with Gasteiger partial charge in [0.25, 0.3) is 15.8 Å². The van der Waals surface area contributed by atoms with Crippen LogP contribution in [0.25, 0.3) is 11.0 Å². The molecule has 0 bridgehead atoms. The van der Waals surface area contributed by atoms with Crippen LogP contribution in [0, 0.1) is 10.1 Å². The van der Waals surface area contributed by atoms with E-state index in [0.29, 0.717) is 28.7 Å². The first-order valence-corrected chi connectivity index (χ1v) is 12.8. The maximum absolute atomic E-state index is 13.9. The van der Waals surface area contributed by atoms with E-state index in [0.717, 1.165) is 12.8 Å². The number of alkyl halides is 1. The molecule has 4 rings (SSSR count). The lowest BCUT2D eigenvalue weighted by molar-refractivity contribution is -0.384. The molecule has 0 amide bonds. The molecule has 3 aromatic rings. The first-order chi connectivity index (χ1) is 16.5. The number of allylic oxidation sites excluding steroid dienone is 2. The van der Waals surface area contributed by atoms with Crippen molar-refractivity contribution >= 4 is 44.2 Å². The van der Waals surface area contributed by atoms with E-state index in [1.807, 2.05) is 6.92 Å². The van der Waals surface area contributed by atoms with Crippen LogP contribution in [0.4, 0.5) is 5.69 Å². The number of fused-ring (bicyclic) bond motifs is 1.